The number of nitrogens with one attached hydrogen (secondary N) is 3. The molecule has 1 aromatic carbocycles. The second kappa shape index (κ2) is 7.81. The van der Waals surface area contributed by atoms with Crippen LogP contribution in [0.15, 0.2) is 61.1 Å². The number of pyridine rings is 1. The highest BCUT2D eigenvalue weighted by molar-refractivity contribution is 6.43. The van der Waals surface area contributed by atoms with E-state index in [2.05, 4.69) is 10.1 Å². The summed E-state index contributed by atoms with van der Waals surface area (Å²) >= 11 is 0. The number of urea groups is 2. The lowest BCUT2D eigenvalue weighted by Crippen LogP contribution is -2.74. The zero-order chi connectivity index (χ0) is 23.9. The molecule has 170 valence electrons. The number of carbonyl (C=O) groups is 5. The molecule has 0 aliphatic carbocycles. The summed E-state index contributed by atoms with van der Waals surface area (Å²) in [6.07, 6.45) is 4.72. The van der Waals surface area contributed by atoms with Gasteiger partial charge in [-0.3, -0.25) is 39.9 Å². The molecule has 2 aliphatic rings. The van der Waals surface area contributed by atoms with Crippen molar-refractivity contribution in [2.75, 3.05) is 4.90 Å². The van der Waals surface area contributed by atoms with Crippen molar-refractivity contribution >= 4 is 35.5 Å². The number of anilines is 1. The minimum atomic E-state index is -2.61. The topological polar surface area (TPSA) is 165 Å². The van der Waals surface area contributed by atoms with Gasteiger partial charge in [0, 0.05) is 18.5 Å². The molecule has 1 spiro atoms. The van der Waals surface area contributed by atoms with Crippen molar-refractivity contribution in [3.05, 3.63) is 66.6 Å². The molecule has 0 atom stereocenters. The molecule has 0 bridgehead atoms. The minimum absolute atomic E-state index is 0.0371. The van der Waals surface area contributed by atoms with E-state index in [1.807, 2.05) is 40.3 Å². The number of imide groups is 3. The predicted octanol–water partition coefficient (Wildman–Crippen LogP) is 0.280. The molecular weight excluding hydrogens is 446 g/mol. The summed E-state index contributed by atoms with van der Waals surface area (Å²) in [4.78, 5) is 66.1. The molecular formula is C21H15N7O6. The standard InChI is InChI=1S/C21H15N7O6/c29-16-21(17(30)25-19(32)24-16)18(31)26-20(33)28(21)13-4-7-15(22-10-13)34-14-5-2-12(3-6-14)11-27-9-1-8-23-27/h1-10H,11H2,(H,26,31,33)(H2,24,25,29,30,32). The molecule has 0 saturated carbocycles. The Kier molecular flexibility index (Phi) is 4.78. The van der Waals surface area contributed by atoms with E-state index >= 15 is 0 Å². The Bertz CT molecular complexity index is 1300. The number of ether oxygens (including phenoxy) is 1. The Hall–Kier alpha value is -5.07. The number of benzene rings is 1. The van der Waals surface area contributed by atoms with E-state index in [4.69, 9.17) is 4.74 Å². The van der Waals surface area contributed by atoms with Crippen LogP contribution >= 0.6 is 0 Å². The maximum atomic E-state index is 12.5. The van der Waals surface area contributed by atoms with E-state index in [1.165, 1.54) is 18.3 Å². The number of aromatic nitrogens is 3. The number of hydrogen-bond donors (Lipinski definition) is 3. The second-order valence-corrected chi connectivity index (χ2v) is 7.35. The van der Waals surface area contributed by atoms with Crippen LogP contribution < -0.4 is 25.6 Å². The molecule has 13 heteroatoms. The lowest BCUT2D eigenvalue weighted by atomic mass is 9.93. The van der Waals surface area contributed by atoms with Gasteiger partial charge in [-0.1, -0.05) is 12.1 Å². The third kappa shape index (κ3) is 3.31. The van der Waals surface area contributed by atoms with Crippen LogP contribution in [0.4, 0.5) is 15.3 Å². The van der Waals surface area contributed by atoms with Crippen molar-refractivity contribution < 1.29 is 28.7 Å². The SMILES string of the molecule is O=C1NC(=O)C2(C(=O)N1)C(=O)NC(=O)N2c1ccc(Oc2ccc(Cn3cccn3)cc2)nc1. The van der Waals surface area contributed by atoms with Crippen LogP contribution in [0.5, 0.6) is 11.6 Å². The molecule has 5 rings (SSSR count). The lowest BCUT2D eigenvalue weighted by molar-refractivity contribution is -0.143. The van der Waals surface area contributed by atoms with Gasteiger partial charge in [-0.2, -0.15) is 5.10 Å². The number of barbiturate groups is 1. The van der Waals surface area contributed by atoms with Crippen molar-refractivity contribution in [1.82, 2.24) is 30.7 Å². The van der Waals surface area contributed by atoms with Gasteiger partial charge in [-0.25, -0.2) is 14.6 Å². The number of hydrogen-bond acceptors (Lipinski definition) is 8. The lowest BCUT2D eigenvalue weighted by Gasteiger charge is -2.34. The average molecular weight is 461 g/mol. The normalized spacial score (nSPS) is 16.9. The van der Waals surface area contributed by atoms with Crippen LogP contribution in [0.25, 0.3) is 0 Å². The zero-order valence-electron chi connectivity index (χ0n) is 17.2. The maximum absolute atomic E-state index is 12.5. The Balaban J connectivity index is 1.36. The average Bonchev–Trinajstić information content (AvgIpc) is 3.40. The number of carbonyl (C=O) groups excluding carboxylic acids is 5. The summed E-state index contributed by atoms with van der Waals surface area (Å²) < 4.78 is 7.49. The predicted molar refractivity (Wildman–Crippen MR) is 113 cm³/mol. The number of amides is 7. The Morgan fingerprint density at radius 3 is 2.21 bits per heavy atom. The van der Waals surface area contributed by atoms with Crippen LogP contribution in [0, 0.1) is 0 Å². The summed E-state index contributed by atoms with van der Waals surface area (Å²) in [5, 5.41) is 9.76. The van der Waals surface area contributed by atoms with E-state index in [0.717, 1.165) is 5.56 Å². The van der Waals surface area contributed by atoms with Crippen LogP contribution in [0.1, 0.15) is 5.56 Å². The molecule has 0 radical (unpaired) electrons. The fourth-order valence-electron chi connectivity index (χ4n) is 3.67. The quantitative estimate of drug-likeness (QED) is 0.360. The zero-order valence-corrected chi connectivity index (χ0v) is 17.2. The largest absolute Gasteiger partial charge is 0.439 e. The van der Waals surface area contributed by atoms with Crippen molar-refractivity contribution in [3.8, 4) is 11.6 Å². The number of nitrogens with zero attached hydrogens (tertiary/aromatic N) is 4. The van der Waals surface area contributed by atoms with Crippen LogP contribution in [-0.4, -0.2) is 50.1 Å². The highest BCUT2D eigenvalue weighted by Crippen LogP contribution is 2.32. The van der Waals surface area contributed by atoms with Crippen LogP contribution in [0.3, 0.4) is 0 Å². The second-order valence-electron chi connectivity index (χ2n) is 7.35. The third-order valence-electron chi connectivity index (χ3n) is 5.23. The van der Waals surface area contributed by atoms with Gasteiger partial charge in [0.25, 0.3) is 23.3 Å². The Morgan fingerprint density at radius 2 is 1.59 bits per heavy atom. The molecule has 7 amide bonds. The van der Waals surface area contributed by atoms with Crippen molar-refractivity contribution in [2.24, 2.45) is 0 Å². The molecule has 13 nitrogen and oxygen atoms in total. The fraction of sp³-hybridized carbons (Fsp3) is 0.0952. The summed E-state index contributed by atoms with van der Waals surface area (Å²) in [5.41, 5.74) is -1.64. The van der Waals surface area contributed by atoms with Gasteiger partial charge >= 0.3 is 12.1 Å². The van der Waals surface area contributed by atoms with Crippen molar-refractivity contribution in [1.29, 1.82) is 0 Å². The minimum Gasteiger partial charge on any atom is -0.439 e. The van der Waals surface area contributed by atoms with E-state index in [-0.39, 0.29) is 11.6 Å². The molecule has 2 aliphatic heterocycles. The summed E-state index contributed by atoms with van der Waals surface area (Å²) in [5.74, 6) is -3.02. The summed E-state index contributed by atoms with van der Waals surface area (Å²) in [7, 11) is 0. The van der Waals surface area contributed by atoms with Gasteiger partial charge in [0.2, 0.25) is 5.88 Å². The molecule has 2 saturated heterocycles. The Morgan fingerprint density at radius 1 is 0.882 bits per heavy atom. The first-order valence-corrected chi connectivity index (χ1v) is 9.91. The van der Waals surface area contributed by atoms with Gasteiger partial charge < -0.3 is 4.74 Å². The summed E-state index contributed by atoms with van der Waals surface area (Å²) in [6, 6.07) is 9.73. The molecule has 0 unspecified atom stereocenters. The first-order valence-electron chi connectivity index (χ1n) is 9.91. The van der Waals surface area contributed by atoms with Gasteiger partial charge in [0.15, 0.2) is 0 Å². The van der Waals surface area contributed by atoms with Gasteiger partial charge in [0.1, 0.15) is 5.75 Å². The van der Waals surface area contributed by atoms with Crippen molar-refractivity contribution in [3.63, 3.8) is 0 Å². The Labute approximate surface area is 190 Å². The maximum Gasteiger partial charge on any atom is 0.330 e. The smallest absolute Gasteiger partial charge is 0.330 e. The first kappa shape index (κ1) is 20.8. The molecule has 34 heavy (non-hydrogen) atoms. The highest BCUT2D eigenvalue weighted by Gasteiger charge is 2.67. The van der Waals surface area contributed by atoms with Crippen LogP contribution in [-0.2, 0) is 20.9 Å². The van der Waals surface area contributed by atoms with Gasteiger partial charge in [-0.05, 0) is 29.8 Å². The van der Waals surface area contributed by atoms with Gasteiger partial charge in [0.05, 0.1) is 18.4 Å². The van der Waals surface area contributed by atoms with Crippen LogP contribution in [0.2, 0.25) is 0 Å². The molecule has 3 aromatic rings. The van der Waals surface area contributed by atoms with E-state index < -0.39 is 35.3 Å². The molecule has 4 heterocycles. The van der Waals surface area contributed by atoms with E-state index in [9.17, 15) is 24.0 Å². The third-order valence-corrected chi connectivity index (χ3v) is 5.23. The monoisotopic (exact) mass is 461 g/mol. The molecule has 3 N–H and O–H groups in total. The van der Waals surface area contributed by atoms with Gasteiger partial charge in [-0.15, -0.1) is 0 Å². The number of rotatable bonds is 5. The van der Waals surface area contributed by atoms with E-state index in [0.29, 0.717) is 17.2 Å². The molecule has 2 aromatic heterocycles. The van der Waals surface area contributed by atoms with Crippen molar-refractivity contribution in [2.45, 2.75) is 12.1 Å². The fourth-order valence-corrected chi connectivity index (χ4v) is 3.67. The summed E-state index contributed by atoms with van der Waals surface area (Å²) in [6.45, 7) is 0.603. The first-order chi connectivity index (χ1) is 16.4. The molecule has 2 fully saturated rings. The highest BCUT2D eigenvalue weighted by atomic mass is 16.5. The van der Waals surface area contributed by atoms with E-state index in [1.54, 1.807) is 23.0 Å².